The van der Waals surface area contributed by atoms with Crippen molar-refractivity contribution in [2.45, 2.75) is 44.9 Å². The molecule has 4 heteroatoms. The highest BCUT2D eigenvalue weighted by atomic mass is 16.5. The van der Waals surface area contributed by atoms with Gasteiger partial charge in [0.25, 0.3) is 0 Å². The number of methoxy groups -OCH3 is 1. The Hall–Kier alpha value is -2.33. The molecule has 4 nitrogen and oxygen atoms in total. The van der Waals surface area contributed by atoms with Gasteiger partial charge in [-0.15, -0.1) is 0 Å². The van der Waals surface area contributed by atoms with Crippen LogP contribution >= 0.6 is 0 Å². The van der Waals surface area contributed by atoms with Crippen molar-refractivity contribution >= 4 is 5.97 Å². The van der Waals surface area contributed by atoms with Crippen LogP contribution in [0, 0.1) is 0 Å². The van der Waals surface area contributed by atoms with Crippen LogP contribution in [0.3, 0.4) is 0 Å². The summed E-state index contributed by atoms with van der Waals surface area (Å²) in [6.07, 6.45) is 5.48. The molecule has 0 radical (unpaired) electrons. The molecule has 0 aromatic heterocycles. The Morgan fingerprint density at radius 3 is 2.28 bits per heavy atom. The normalized spacial score (nSPS) is 14.4. The minimum atomic E-state index is -0.322. The molecule has 2 N–H and O–H groups in total. The third kappa shape index (κ3) is 5.07. The maximum atomic E-state index is 11.4. The van der Waals surface area contributed by atoms with Crippen LogP contribution in [-0.2, 0) is 17.9 Å². The molecule has 2 aromatic carbocycles. The van der Waals surface area contributed by atoms with E-state index in [1.807, 2.05) is 24.3 Å². The van der Waals surface area contributed by atoms with Gasteiger partial charge >= 0.3 is 5.97 Å². The van der Waals surface area contributed by atoms with Crippen LogP contribution in [0.5, 0.6) is 5.75 Å². The number of benzene rings is 2. The first-order chi connectivity index (χ1) is 12.2. The number of hydrogen-bond acceptors (Lipinski definition) is 3. The lowest BCUT2D eigenvalue weighted by molar-refractivity contribution is -0.703. The number of hydrogen-bond donors (Lipinski definition) is 1. The van der Waals surface area contributed by atoms with Crippen LogP contribution in [-0.4, -0.2) is 19.1 Å². The first-order valence-corrected chi connectivity index (χ1v) is 8.97. The van der Waals surface area contributed by atoms with E-state index in [-0.39, 0.29) is 5.97 Å². The summed E-state index contributed by atoms with van der Waals surface area (Å²) in [6.45, 7) is 1.52. The zero-order chi connectivity index (χ0) is 17.5. The van der Waals surface area contributed by atoms with Gasteiger partial charge in [0.15, 0.2) is 0 Å². The largest absolute Gasteiger partial charge is 0.489 e. The van der Waals surface area contributed by atoms with Crippen molar-refractivity contribution in [2.24, 2.45) is 0 Å². The van der Waals surface area contributed by atoms with Crippen LogP contribution < -0.4 is 10.1 Å². The summed E-state index contributed by atoms with van der Waals surface area (Å²) in [5.74, 6) is 0.541. The summed E-state index contributed by atoms with van der Waals surface area (Å²) in [5.41, 5.74) is 2.90. The Balaban J connectivity index is 1.47. The second kappa shape index (κ2) is 8.67. The molecule has 0 spiro atoms. The first kappa shape index (κ1) is 17.5. The zero-order valence-electron chi connectivity index (χ0n) is 14.7. The predicted molar refractivity (Wildman–Crippen MR) is 96.4 cm³/mol. The number of carbonyl (C=O) groups is 1. The van der Waals surface area contributed by atoms with Crippen LogP contribution in [0.1, 0.15) is 47.2 Å². The van der Waals surface area contributed by atoms with Crippen molar-refractivity contribution in [3.8, 4) is 5.75 Å². The molecule has 0 bridgehead atoms. The first-order valence-electron chi connectivity index (χ1n) is 8.97. The molecule has 1 aliphatic rings. The Morgan fingerprint density at radius 2 is 1.64 bits per heavy atom. The maximum Gasteiger partial charge on any atom is 0.337 e. The van der Waals surface area contributed by atoms with Gasteiger partial charge in [-0.1, -0.05) is 12.1 Å². The van der Waals surface area contributed by atoms with Crippen molar-refractivity contribution in [2.75, 3.05) is 7.11 Å². The third-order valence-electron chi connectivity index (χ3n) is 4.79. The lowest BCUT2D eigenvalue weighted by Gasteiger charge is -2.10. The van der Waals surface area contributed by atoms with E-state index >= 15 is 0 Å². The molecule has 2 aromatic rings. The quantitative estimate of drug-likeness (QED) is 0.788. The fourth-order valence-corrected chi connectivity index (χ4v) is 3.24. The lowest BCUT2D eigenvalue weighted by atomic mass is 10.1. The zero-order valence-corrected chi connectivity index (χ0v) is 14.7. The van der Waals surface area contributed by atoms with Gasteiger partial charge in [-0.3, -0.25) is 0 Å². The monoisotopic (exact) mass is 340 g/mol. The third-order valence-corrected chi connectivity index (χ3v) is 4.79. The standard InChI is InChI=1S/C21H25NO3/c1-24-21(23)18-10-6-17(7-11-18)15-25-20-12-8-16(9-13-20)14-22-19-4-2-3-5-19/h6-13,19,22H,2-5,14-15H2,1H3/p+1. The second-order valence-electron chi connectivity index (χ2n) is 6.61. The van der Waals surface area contributed by atoms with Gasteiger partial charge in [-0.2, -0.15) is 0 Å². The molecule has 1 fully saturated rings. The number of rotatable bonds is 7. The van der Waals surface area contributed by atoms with Crippen LogP contribution in [0.15, 0.2) is 48.5 Å². The number of ether oxygens (including phenoxy) is 2. The van der Waals surface area contributed by atoms with Gasteiger partial charge < -0.3 is 14.8 Å². The average molecular weight is 340 g/mol. The number of carbonyl (C=O) groups excluding carboxylic acids is 1. The van der Waals surface area contributed by atoms with Gasteiger partial charge in [0.05, 0.1) is 18.7 Å². The minimum Gasteiger partial charge on any atom is -0.489 e. The SMILES string of the molecule is COC(=O)c1ccc(COc2ccc(C[NH2+]C3CCCC3)cc2)cc1. The second-order valence-corrected chi connectivity index (χ2v) is 6.61. The number of quaternary nitrogens is 1. The van der Waals surface area contributed by atoms with Gasteiger partial charge in [0.2, 0.25) is 0 Å². The van der Waals surface area contributed by atoms with E-state index < -0.39 is 0 Å². The van der Waals surface area contributed by atoms with Crippen LogP contribution in [0.2, 0.25) is 0 Å². The molecule has 1 aliphatic carbocycles. The van der Waals surface area contributed by atoms with Crippen molar-refractivity contribution in [1.29, 1.82) is 0 Å². The summed E-state index contributed by atoms with van der Waals surface area (Å²) in [6, 6.07) is 16.4. The van der Waals surface area contributed by atoms with Crippen LogP contribution in [0.25, 0.3) is 0 Å². The highest BCUT2D eigenvalue weighted by Crippen LogP contribution is 2.16. The molecule has 0 heterocycles. The van der Waals surface area contributed by atoms with Gasteiger partial charge in [0.1, 0.15) is 18.9 Å². The van der Waals surface area contributed by atoms with E-state index in [0.29, 0.717) is 12.2 Å². The highest BCUT2D eigenvalue weighted by Gasteiger charge is 2.17. The van der Waals surface area contributed by atoms with Gasteiger partial charge in [-0.05, 0) is 67.6 Å². The van der Waals surface area contributed by atoms with Crippen LogP contribution in [0.4, 0.5) is 0 Å². The summed E-state index contributed by atoms with van der Waals surface area (Å²) in [7, 11) is 1.38. The molecule has 132 valence electrons. The minimum absolute atomic E-state index is 0.322. The fraction of sp³-hybridized carbons (Fsp3) is 0.381. The molecule has 25 heavy (non-hydrogen) atoms. The van der Waals surface area contributed by atoms with E-state index in [4.69, 9.17) is 9.47 Å². The van der Waals surface area contributed by atoms with Gasteiger partial charge in [0, 0.05) is 5.56 Å². The van der Waals surface area contributed by atoms with E-state index in [2.05, 4.69) is 17.4 Å². The van der Waals surface area contributed by atoms with Crippen molar-refractivity contribution in [3.63, 3.8) is 0 Å². The molecule has 3 rings (SSSR count). The van der Waals surface area contributed by atoms with Gasteiger partial charge in [-0.25, -0.2) is 4.79 Å². The van der Waals surface area contributed by atoms with E-state index in [0.717, 1.165) is 23.9 Å². The highest BCUT2D eigenvalue weighted by molar-refractivity contribution is 5.89. The molecular formula is C21H26NO3+. The Kier molecular flexibility index (Phi) is 6.07. The maximum absolute atomic E-state index is 11.4. The van der Waals surface area contributed by atoms with E-state index in [1.165, 1.54) is 38.4 Å². The number of esters is 1. The average Bonchev–Trinajstić information content (AvgIpc) is 3.19. The van der Waals surface area contributed by atoms with Crippen molar-refractivity contribution < 1.29 is 19.6 Å². The summed E-state index contributed by atoms with van der Waals surface area (Å²) < 4.78 is 10.5. The predicted octanol–water partition coefficient (Wildman–Crippen LogP) is 3.06. The molecule has 0 unspecified atom stereocenters. The fourth-order valence-electron chi connectivity index (χ4n) is 3.24. The molecule has 0 atom stereocenters. The van der Waals surface area contributed by atoms with Crippen molar-refractivity contribution in [3.05, 3.63) is 65.2 Å². The van der Waals surface area contributed by atoms with Crippen molar-refractivity contribution in [1.82, 2.24) is 0 Å². The molecule has 0 amide bonds. The lowest BCUT2D eigenvalue weighted by Crippen LogP contribution is -2.87. The number of nitrogens with two attached hydrogens (primary N) is 1. The Labute approximate surface area is 149 Å². The van der Waals surface area contributed by atoms with E-state index in [9.17, 15) is 4.79 Å². The summed E-state index contributed by atoms with van der Waals surface area (Å²) in [5, 5.41) is 2.46. The summed E-state index contributed by atoms with van der Waals surface area (Å²) in [4.78, 5) is 11.4. The molecule has 1 saturated carbocycles. The molecular weight excluding hydrogens is 314 g/mol. The summed E-state index contributed by atoms with van der Waals surface area (Å²) >= 11 is 0. The smallest absolute Gasteiger partial charge is 0.337 e. The van der Waals surface area contributed by atoms with E-state index in [1.54, 1.807) is 12.1 Å². The molecule has 0 aliphatic heterocycles. The topological polar surface area (TPSA) is 52.1 Å². The Morgan fingerprint density at radius 1 is 1.00 bits per heavy atom. The Bertz CT molecular complexity index is 673. The molecule has 0 saturated heterocycles.